The highest BCUT2D eigenvalue weighted by Gasteiger charge is 2.28. The highest BCUT2D eigenvalue weighted by atomic mass is 32.2. The number of fused-ring (bicyclic) bond motifs is 1. The first-order valence-electron chi connectivity index (χ1n) is 8.20. The van der Waals surface area contributed by atoms with Crippen molar-refractivity contribution in [3.05, 3.63) is 28.7 Å². The SMILES string of the molecule is CSc1nc(C(=O)N2CCc3c(ncnc3N3CCOCC3)C2)cs1. The van der Waals surface area contributed by atoms with Crippen LogP contribution in [-0.4, -0.2) is 64.9 Å². The molecular weight excluding hydrogens is 358 g/mol. The van der Waals surface area contributed by atoms with E-state index in [-0.39, 0.29) is 5.91 Å². The first-order chi connectivity index (χ1) is 12.3. The average molecular weight is 377 g/mol. The van der Waals surface area contributed by atoms with Gasteiger partial charge in [-0.05, 0) is 12.7 Å². The molecule has 0 N–H and O–H groups in total. The van der Waals surface area contributed by atoms with E-state index in [4.69, 9.17) is 4.74 Å². The van der Waals surface area contributed by atoms with Crippen LogP contribution in [-0.2, 0) is 17.7 Å². The fraction of sp³-hybridized carbons (Fsp3) is 0.500. The molecule has 0 aliphatic carbocycles. The average Bonchev–Trinajstić information content (AvgIpc) is 3.16. The Bertz CT molecular complexity index is 776. The molecule has 0 saturated carbocycles. The van der Waals surface area contributed by atoms with Crippen molar-refractivity contribution in [3.8, 4) is 0 Å². The van der Waals surface area contributed by atoms with Gasteiger partial charge in [0, 0.05) is 30.6 Å². The zero-order chi connectivity index (χ0) is 17.2. The molecule has 2 aliphatic heterocycles. The van der Waals surface area contributed by atoms with E-state index in [1.807, 2.05) is 16.5 Å². The molecule has 0 unspecified atom stereocenters. The third-order valence-corrected chi connectivity index (χ3v) is 6.32. The van der Waals surface area contributed by atoms with E-state index in [1.54, 1.807) is 18.1 Å². The van der Waals surface area contributed by atoms with E-state index in [2.05, 4.69) is 19.9 Å². The van der Waals surface area contributed by atoms with E-state index >= 15 is 0 Å². The van der Waals surface area contributed by atoms with E-state index in [0.29, 0.717) is 18.8 Å². The Morgan fingerprint density at radius 2 is 2.12 bits per heavy atom. The number of rotatable bonds is 3. The number of thiazole rings is 1. The molecule has 1 saturated heterocycles. The lowest BCUT2D eigenvalue weighted by molar-refractivity contribution is 0.0726. The molecule has 0 radical (unpaired) electrons. The molecule has 1 amide bonds. The maximum absolute atomic E-state index is 12.7. The van der Waals surface area contributed by atoms with Crippen molar-refractivity contribution in [3.63, 3.8) is 0 Å². The van der Waals surface area contributed by atoms with Crippen molar-refractivity contribution < 1.29 is 9.53 Å². The predicted octanol–water partition coefficient (Wildman–Crippen LogP) is 1.69. The second kappa shape index (κ2) is 7.27. The van der Waals surface area contributed by atoms with Crippen molar-refractivity contribution in [2.75, 3.05) is 44.0 Å². The van der Waals surface area contributed by atoms with Gasteiger partial charge in [-0.25, -0.2) is 15.0 Å². The Hall–Kier alpha value is -1.71. The molecule has 1 fully saturated rings. The lowest BCUT2D eigenvalue weighted by atomic mass is 10.0. The molecule has 4 rings (SSSR count). The summed E-state index contributed by atoms with van der Waals surface area (Å²) in [5.41, 5.74) is 2.63. The van der Waals surface area contributed by atoms with Gasteiger partial charge in [-0.15, -0.1) is 11.3 Å². The number of amides is 1. The Morgan fingerprint density at radius 3 is 2.88 bits per heavy atom. The van der Waals surface area contributed by atoms with Gasteiger partial charge in [-0.2, -0.15) is 0 Å². The smallest absolute Gasteiger partial charge is 0.273 e. The summed E-state index contributed by atoms with van der Waals surface area (Å²) in [6.07, 6.45) is 4.34. The highest BCUT2D eigenvalue weighted by Crippen LogP contribution is 2.27. The van der Waals surface area contributed by atoms with Crippen LogP contribution in [0.2, 0.25) is 0 Å². The third-order valence-electron chi connectivity index (χ3n) is 4.46. The van der Waals surface area contributed by atoms with Gasteiger partial charge in [0.1, 0.15) is 22.2 Å². The standard InChI is InChI=1S/C16H19N5O2S2/c1-24-16-19-13(9-25-16)15(22)21-3-2-11-12(8-21)17-10-18-14(11)20-4-6-23-7-5-20/h9-10H,2-8H2,1H3. The lowest BCUT2D eigenvalue weighted by Gasteiger charge is -2.33. The van der Waals surface area contributed by atoms with Crippen molar-refractivity contribution in [1.82, 2.24) is 19.9 Å². The van der Waals surface area contributed by atoms with Gasteiger partial charge in [0.05, 0.1) is 25.5 Å². The number of anilines is 1. The monoisotopic (exact) mass is 377 g/mol. The molecule has 7 nitrogen and oxygen atoms in total. The van der Waals surface area contributed by atoms with Crippen LogP contribution < -0.4 is 4.90 Å². The van der Waals surface area contributed by atoms with Crippen LogP contribution in [0, 0.1) is 0 Å². The highest BCUT2D eigenvalue weighted by molar-refractivity contribution is 8.00. The van der Waals surface area contributed by atoms with Crippen LogP contribution in [0.5, 0.6) is 0 Å². The van der Waals surface area contributed by atoms with Gasteiger partial charge < -0.3 is 14.5 Å². The van der Waals surface area contributed by atoms with Gasteiger partial charge in [0.2, 0.25) is 0 Å². The normalized spacial score (nSPS) is 17.5. The molecule has 2 aromatic rings. The summed E-state index contributed by atoms with van der Waals surface area (Å²) in [7, 11) is 0. The second-order valence-corrected chi connectivity index (χ2v) is 7.81. The van der Waals surface area contributed by atoms with Crippen LogP contribution in [0.25, 0.3) is 0 Å². The minimum absolute atomic E-state index is 0.0197. The summed E-state index contributed by atoms with van der Waals surface area (Å²) >= 11 is 3.07. The summed E-state index contributed by atoms with van der Waals surface area (Å²) < 4.78 is 6.34. The van der Waals surface area contributed by atoms with Crippen LogP contribution in [0.4, 0.5) is 5.82 Å². The molecule has 0 atom stereocenters. The van der Waals surface area contributed by atoms with Gasteiger partial charge in [-0.1, -0.05) is 11.8 Å². The molecule has 25 heavy (non-hydrogen) atoms. The quantitative estimate of drug-likeness (QED) is 0.754. The minimum Gasteiger partial charge on any atom is -0.378 e. The summed E-state index contributed by atoms with van der Waals surface area (Å²) in [6.45, 7) is 4.34. The molecule has 0 bridgehead atoms. The van der Waals surface area contributed by atoms with E-state index < -0.39 is 0 Å². The topological polar surface area (TPSA) is 71.5 Å². The molecule has 132 valence electrons. The molecular formula is C16H19N5O2S2. The van der Waals surface area contributed by atoms with Crippen LogP contribution in [0.15, 0.2) is 16.0 Å². The number of hydrogen-bond donors (Lipinski definition) is 0. The Labute approximate surface area is 154 Å². The third kappa shape index (κ3) is 3.36. The number of nitrogens with zero attached hydrogens (tertiary/aromatic N) is 5. The zero-order valence-corrected chi connectivity index (χ0v) is 15.6. The maximum Gasteiger partial charge on any atom is 0.273 e. The van der Waals surface area contributed by atoms with Gasteiger partial charge in [0.15, 0.2) is 0 Å². The van der Waals surface area contributed by atoms with Crippen LogP contribution in [0.1, 0.15) is 21.7 Å². The number of carbonyl (C=O) groups is 1. The molecule has 2 aromatic heterocycles. The van der Waals surface area contributed by atoms with E-state index in [1.165, 1.54) is 11.3 Å². The molecule has 0 aromatic carbocycles. The predicted molar refractivity (Wildman–Crippen MR) is 97.4 cm³/mol. The summed E-state index contributed by atoms with van der Waals surface area (Å²) in [5, 5.41) is 1.84. The molecule has 9 heteroatoms. The van der Waals surface area contributed by atoms with Crippen LogP contribution >= 0.6 is 23.1 Å². The first kappa shape index (κ1) is 16.7. The fourth-order valence-corrected chi connectivity index (χ4v) is 4.41. The maximum atomic E-state index is 12.7. The van der Waals surface area contributed by atoms with Crippen LogP contribution in [0.3, 0.4) is 0 Å². The molecule has 2 aliphatic rings. The first-order valence-corrected chi connectivity index (χ1v) is 10.3. The van der Waals surface area contributed by atoms with Crippen molar-refractivity contribution >= 4 is 34.8 Å². The molecule has 0 spiro atoms. The zero-order valence-electron chi connectivity index (χ0n) is 14.0. The van der Waals surface area contributed by atoms with Crippen molar-refractivity contribution in [2.24, 2.45) is 0 Å². The number of thioether (sulfide) groups is 1. The minimum atomic E-state index is -0.0197. The summed E-state index contributed by atoms with van der Waals surface area (Å²) in [5.74, 6) is 0.979. The Kier molecular flexibility index (Phi) is 4.87. The Morgan fingerprint density at radius 1 is 1.28 bits per heavy atom. The van der Waals surface area contributed by atoms with Gasteiger partial charge >= 0.3 is 0 Å². The number of ether oxygens (including phenoxy) is 1. The van der Waals surface area contributed by atoms with Gasteiger partial charge in [-0.3, -0.25) is 4.79 Å². The largest absolute Gasteiger partial charge is 0.378 e. The molecule has 4 heterocycles. The number of aromatic nitrogens is 3. The van der Waals surface area contributed by atoms with E-state index in [9.17, 15) is 4.79 Å². The summed E-state index contributed by atoms with van der Waals surface area (Å²) in [4.78, 5) is 30.1. The van der Waals surface area contributed by atoms with Crippen molar-refractivity contribution in [2.45, 2.75) is 17.3 Å². The lowest BCUT2D eigenvalue weighted by Crippen LogP contribution is -2.40. The van der Waals surface area contributed by atoms with E-state index in [0.717, 1.165) is 54.1 Å². The number of morpholine rings is 1. The second-order valence-electron chi connectivity index (χ2n) is 5.90. The Balaban J connectivity index is 1.54. The summed E-state index contributed by atoms with van der Waals surface area (Å²) in [6, 6.07) is 0. The van der Waals surface area contributed by atoms with Gasteiger partial charge in [0.25, 0.3) is 5.91 Å². The number of hydrogen-bond acceptors (Lipinski definition) is 8. The number of carbonyl (C=O) groups excluding carboxylic acids is 1. The fourth-order valence-electron chi connectivity index (χ4n) is 3.17. The van der Waals surface area contributed by atoms with Crippen molar-refractivity contribution in [1.29, 1.82) is 0 Å².